The van der Waals surface area contributed by atoms with Crippen LogP contribution in [0.3, 0.4) is 0 Å². The zero-order chi connectivity index (χ0) is 16.7. The van der Waals surface area contributed by atoms with E-state index in [0.29, 0.717) is 13.0 Å². The average Bonchev–Trinajstić information content (AvgIpc) is 2.57. The van der Waals surface area contributed by atoms with Gasteiger partial charge in [-0.3, -0.25) is 4.79 Å². The third-order valence-electron chi connectivity index (χ3n) is 4.13. The van der Waals surface area contributed by atoms with Crippen molar-refractivity contribution in [2.75, 3.05) is 0 Å². The Kier molecular flexibility index (Phi) is 6.43. The van der Waals surface area contributed by atoms with Gasteiger partial charge in [0.1, 0.15) is 6.10 Å². The predicted molar refractivity (Wildman–Crippen MR) is 90.5 cm³/mol. The number of ether oxygens (including phenoxy) is 2. The molecule has 0 aromatic heterocycles. The Bertz CT molecular complexity index is 570. The molecule has 1 aliphatic heterocycles. The zero-order valence-corrected chi connectivity index (χ0v) is 13.7. The van der Waals surface area contributed by atoms with Crippen LogP contribution in [0.2, 0.25) is 0 Å². The van der Waals surface area contributed by atoms with Crippen LogP contribution in [0.25, 0.3) is 0 Å². The highest BCUT2D eigenvalue weighted by atomic mass is 16.6. The summed E-state index contributed by atoms with van der Waals surface area (Å²) in [5, 5.41) is 0. The summed E-state index contributed by atoms with van der Waals surface area (Å²) in [6.07, 6.45) is 8.20. The summed E-state index contributed by atoms with van der Waals surface area (Å²) in [6.45, 7) is 6.51. The first kappa shape index (κ1) is 17.3. The predicted octanol–water partition coefficient (Wildman–Crippen LogP) is 3.88. The van der Waals surface area contributed by atoms with E-state index < -0.39 is 0 Å². The average molecular weight is 312 g/mol. The lowest BCUT2D eigenvalue weighted by molar-refractivity contribution is -0.201. The molecule has 0 amide bonds. The Morgan fingerprint density at radius 3 is 2.78 bits per heavy atom. The Hall–Kier alpha value is -2.05. The van der Waals surface area contributed by atoms with Crippen molar-refractivity contribution in [3.05, 3.63) is 48.0 Å². The van der Waals surface area contributed by atoms with Crippen molar-refractivity contribution in [1.82, 2.24) is 0 Å². The monoisotopic (exact) mass is 312 g/mol. The molecule has 3 unspecified atom stereocenters. The van der Waals surface area contributed by atoms with Gasteiger partial charge in [0.2, 0.25) is 0 Å². The normalized spacial score (nSPS) is 21.0. The van der Waals surface area contributed by atoms with Crippen LogP contribution in [0.1, 0.15) is 38.2 Å². The molecule has 23 heavy (non-hydrogen) atoms. The smallest absolute Gasteiger partial charge is 0.312 e. The summed E-state index contributed by atoms with van der Waals surface area (Å²) in [7, 11) is 0. The molecule has 3 atom stereocenters. The summed E-state index contributed by atoms with van der Waals surface area (Å²) < 4.78 is 11.3. The fraction of sp³-hybridized carbons (Fsp3) is 0.450. The summed E-state index contributed by atoms with van der Waals surface area (Å²) in [5.41, 5.74) is 2.20. The van der Waals surface area contributed by atoms with Crippen LogP contribution >= 0.6 is 0 Å². The van der Waals surface area contributed by atoms with Crippen LogP contribution in [0.15, 0.2) is 42.5 Å². The lowest BCUT2D eigenvalue weighted by atomic mass is 9.90. The fourth-order valence-electron chi connectivity index (χ4n) is 2.68. The van der Waals surface area contributed by atoms with Gasteiger partial charge in [-0.05, 0) is 31.7 Å². The van der Waals surface area contributed by atoms with E-state index in [2.05, 4.69) is 12.5 Å². The first-order valence-corrected chi connectivity index (χ1v) is 8.08. The summed E-state index contributed by atoms with van der Waals surface area (Å²) in [6, 6.07) is 9.99. The fourth-order valence-corrected chi connectivity index (χ4v) is 2.68. The SMILES string of the molecule is C#CCCCC(=C)CC(OCc1ccccc1)C1OC(=O)C1C. The van der Waals surface area contributed by atoms with Crippen molar-refractivity contribution < 1.29 is 14.3 Å². The van der Waals surface area contributed by atoms with E-state index in [1.807, 2.05) is 37.3 Å². The van der Waals surface area contributed by atoms with Crippen LogP contribution < -0.4 is 0 Å². The van der Waals surface area contributed by atoms with Gasteiger partial charge in [-0.1, -0.05) is 42.5 Å². The number of terminal acetylenes is 1. The number of unbranched alkanes of at least 4 members (excludes halogenated alkanes) is 1. The van der Waals surface area contributed by atoms with Gasteiger partial charge in [0.15, 0.2) is 0 Å². The summed E-state index contributed by atoms with van der Waals surface area (Å²) >= 11 is 0. The van der Waals surface area contributed by atoms with Gasteiger partial charge in [0, 0.05) is 6.42 Å². The van der Waals surface area contributed by atoms with E-state index in [-0.39, 0.29) is 24.1 Å². The second-order valence-corrected chi connectivity index (χ2v) is 6.04. The molecule has 1 fully saturated rings. The Morgan fingerprint density at radius 1 is 1.43 bits per heavy atom. The number of esters is 1. The maximum atomic E-state index is 11.4. The Morgan fingerprint density at radius 2 is 2.17 bits per heavy atom. The highest BCUT2D eigenvalue weighted by molar-refractivity contribution is 5.78. The first-order chi connectivity index (χ1) is 11.1. The van der Waals surface area contributed by atoms with Gasteiger partial charge >= 0.3 is 5.97 Å². The van der Waals surface area contributed by atoms with Crippen LogP contribution in [-0.2, 0) is 20.9 Å². The van der Waals surface area contributed by atoms with Gasteiger partial charge in [-0.25, -0.2) is 0 Å². The molecule has 0 spiro atoms. The highest BCUT2D eigenvalue weighted by Crippen LogP contribution is 2.30. The van der Waals surface area contributed by atoms with Gasteiger partial charge < -0.3 is 9.47 Å². The van der Waals surface area contributed by atoms with Gasteiger partial charge in [-0.15, -0.1) is 12.3 Å². The molecule has 1 aliphatic rings. The van der Waals surface area contributed by atoms with Crippen molar-refractivity contribution in [3.63, 3.8) is 0 Å². The summed E-state index contributed by atoms with van der Waals surface area (Å²) in [5.74, 6) is 2.37. The molecule has 1 aromatic rings. The van der Waals surface area contributed by atoms with E-state index in [4.69, 9.17) is 15.9 Å². The largest absolute Gasteiger partial charge is 0.458 e. The maximum absolute atomic E-state index is 11.4. The van der Waals surface area contributed by atoms with Crippen molar-refractivity contribution in [2.24, 2.45) is 5.92 Å². The highest BCUT2D eigenvalue weighted by Gasteiger charge is 2.44. The Labute approximate surface area is 138 Å². The molecule has 1 heterocycles. The second kappa shape index (κ2) is 8.55. The van der Waals surface area contributed by atoms with Crippen LogP contribution in [0.5, 0.6) is 0 Å². The number of hydrogen-bond donors (Lipinski definition) is 0. The van der Waals surface area contributed by atoms with E-state index in [9.17, 15) is 4.79 Å². The van der Waals surface area contributed by atoms with Crippen molar-refractivity contribution in [2.45, 2.75) is 51.4 Å². The molecule has 3 heteroatoms. The second-order valence-electron chi connectivity index (χ2n) is 6.04. The van der Waals surface area contributed by atoms with Gasteiger partial charge in [0.05, 0.1) is 18.6 Å². The number of cyclic esters (lactones) is 1. The molecule has 1 aromatic carbocycles. The quantitative estimate of drug-likeness (QED) is 0.300. The molecular formula is C20H24O3. The Balaban J connectivity index is 1.91. The molecule has 0 radical (unpaired) electrons. The molecule has 0 saturated carbocycles. The van der Waals surface area contributed by atoms with E-state index in [0.717, 1.165) is 30.4 Å². The van der Waals surface area contributed by atoms with Crippen LogP contribution in [0, 0.1) is 18.3 Å². The third kappa shape index (κ3) is 4.97. The van der Waals surface area contributed by atoms with E-state index >= 15 is 0 Å². The molecule has 3 nitrogen and oxygen atoms in total. The van der Waals surface area contributed by atoms with Gasteiger partial charge in [0.25, 0.3) is 0 Å². The number of benzene rings is 1. The molecule has 2 rings (SSSR count). The van der Waals surface area contributed by atoms with Crippen LogP contribution in [-0.4, -0.2) is 18.2 Å². The lowest BCUT2D eigenvalue weighted by Gasteiger charge is -2.38. The van der Waals surface area contributed by atoms with E-state index in [1.165, 1.54) is 0 Å². The molecule has 122 valence electrons. The number of carbonyl (C=O) groups is 1. The molecule has 0 bridgehead atoms. The van der Waals surface area contributed by atoms with Crippen molar-refractivity contribution in [1.29, 1.82) is 0 Å². The molecular weight excluding hydrogens is 288 g/mol. The lowest BCUT2D eigenvalue weighted by Crippen LogP contribution is -2.51. The molecule has 0 N–H and O–H groups in total. The molecule has 0 aliphatic carbocycles. The third-order valence-corrected chi connectivity index (χ3v) is 4.13. The topological polar surface area (TPSA) is 35.5 Å². The minimum absolute atomic E-state index is 0.116. The number of carbonyl (C=O) groups excluding carboxylic acids is 1. The minimum atomic E-state index is -0.185. The zero-order valence-electron chi connectivity index (χ0n) is 13.7. The summed E-state index contributed by atoms with van der Waals surface area (Å²) in [4.78, 5) is 11.4. The minimum Gasteiger partial charge on any atom is -0.458 e. The van der Waals surface area contributed by atoms with E-state index in [1.54, 1.807) is 0 Å². The number of hydrogen-bond acceptors (Lipinski definition) is 3. The maximum Gasteiger partial charge on any atom is 0.312 e. The first-order valence-electron chi connectivity index (χ1n) is 8.08. The standard InChI is InChI=1S/C20H24O3/c1-4-5-7-10-15(2)13-18(19-16(3)20(21)23-19)22-14-17-11-8-6-9-12-17/h1,6,8-9,11-12,16,18-19H,2,5,7,10,13-14H2,3H3. The number of rotatable bonds is 9. The molecule has 1 saturated heterocycles. The van der Waals surface area contributed by atoms with Gasteiger partial charge in [-0.2, -0.15) is 0 Å². The van der Waals surface area contributed by atoms with Crippen molar-refractivity contribution >= 4 is 5.97 Å². The van der Waals surface area contributed by atoms with Crippen molar-refractivity contribution in [3.8, 4) is 12.3 Å². The van der Waals surface area contributed by atoms with Crippen LogP contribution in [0.4, 0.5) is 0 Å².